The first-order valence-corrected chi connectivity index (χ1v) is 12.5. The van der Waals surface area contributed by atoms with Crippen LogP contribution in [0.3, 0.4) is 0 Å². The fourth-order valence-electron chi connectivity index (χ4n) is 4.66. The number of ether oxygens (including phenoxy) is 1. The molecule has 7 heteroatoms. The van der Waals surface area contributed by atoms with Crippen molar-refractivity contribution in [3.63, 3.8) is 0 Å². The van der Waals surface area contributed by atoms with Gasteiger partial charge in [-0.25, -0.2) is 4.79 Å². The number of carbonyl (C=O) groups is 2. The summed E-state index contributed by atoms with van der Waals surface area (Å²) in [4.78, 5) is 26.6. The van der Waals surface area contributed by atoms with Crippen molar-refractivity contribution in [3.05, 3.63) is 65.2 Å². The molecule has 2 aromatic carbocycles. The molecule has 190 valence electrons. The average Bonchev–Trinajstić information content (AvgIpc) is 2.88. The maximum Gasteiger partial charge on any atom is 0.319 e. The zero-order valence-electron chi connectivity index (χ0n) is 21.3. The summed E-state index contributed by atoms with van der Waals surface area (Å²) in [5.41, 5.74) is 3.10. The second kappa shape index (κ2) is 12.2. The number of hydrogen-bond acceptors (Lipinski definition) is 4. The Morgan fingerprint density at radius 2 is 1.74 bits per heavy atom. The fourth-order valence-corrected chi connectivity index (χ4v) is 4.66. The Morgan fingerprint density at radius 3 is 2.37 bits per heavy atom. The second-order valence-corrected chi connectivity index (χ2v) is 9.77. The minimum atomic E-state index is -0.730. The van der Waals surface area contributed by atoms with E-state index in [9.17, 15) is 14.7 Å². The van der Waals surface area contributed by atoms with E-state index in [4.69, 9.17) is 4.74 Å². The van der Waals surface area contributed by atoms with Gasteiger partial charge in [0.1, 0.15) is 6.04 Å². The van der Waals surface area contributed by atoms with Gasteiger partial charge in [-0.1, -0.05) is 62.7 Å². The largest absolute Gasteiger partial charge is 0.396 e. The minimum Gasteiger partial charge on any atom is -0.396 e. The molecule has 0 saturated carbocycles. The summed E-state index contributed by atoms with van der Waals surface area (Å²) in [7, 11) is 0. The van der Waals surface area contributed by atoms with Crippen molar-refractivity contribution in [2.75, 3.05) is 25.1 Å². The zero-order valence-corrected chi connectivity index (χ0v) is 21.3. The number of aryl methyl sites for hydroxylation is 2. The fraction of sp³-hybridized carbons (Fsp3) is 0.500. The normalized spacial score (nSPS) is 17.6. The monoisotopic (exact) mass is 481 g/mol. The van der Waals surface area contributed by atoms with Crippen LogP contribution in [0.25, 0.3) is 0 Å². The molecule has 1 heterocycles. The molecule has 0 spiro atoms. The maximum absolute atomic E-state index is 13.7. The summed E-state index contributed by atoms with van der Waals surface area (Å²) in [6.07, 6.45) is 1.99. The summed E-state index contributed by atoms with van der Waals surface area (Å²) in [6.45, 7) is 8.85. The van der Waals surface area contributed by atoms with Gasteiger partial charge in [-0.15, -0.1) is 0 Å². The van der Waals surface area contributed by atoms with Crippen molar-refractivity contribution in [2.24, 2.45) is 11.3 Å². The standard InChI is InChI=1S/C28H39N3O4/c1-5-20(3)24(30-27(34)29-23-17-19(2)11-12-21(23)4)26(33)31-25(22-9-7-6-8-10-22)28(18-32)13-15-35-16-14-28/h6-12,17,20,24-25,32H,5,13-16,18H2,1-4H3,(H,31,33)(H2,29,30,34). The van der Waals surface area contributed by atoms with Gasteiger partial charge >= 0.3 is 6.03 Å². The lowest BCUT2D eigenvalue weighted by atomic mass is 9.71. The average molecular weight is 482 g/mol. The molecule has 2 aromatic rings. The number of amides is 3. The highest BCUT2D eigenvalue weighted by Crippen LogP contribution is 2.42. The van der Waals surface area contributed by atoms with Crippen LogP contribution in [0.15, 0.2) is 48.5 Å². The molecule has 7 nitrogen and oxygen atoms in total. The molecule has 3 unspecified atom stereocenters. The SMILES string of the molecule is CCC(C)C(NC(=O)Nc1cc(C)ccc1C)C(=O)NC(c1ccccc1)C1(CO)CCOCC1. The van der Waals surface area contributed by atoms with Gasteiger partial charge in [0.05, 0.1) is 12.6 Å². The van der Waals surface area contributed by atoms with E-state index in [0.29, 0.717) is 26.1 Å². The van der Waals surface area contributed by atoms with Gasteiger partial charge in [-0.3, -0.25) is 4.79 Å². The van der Waals surface area contributed by atoms with E-state index in [-0.39, 0.29) is 18.4 Å². The van der Waals surface area contributed by atoms with Gasteiger partial charge in [0.15, 0.2) is 0 Å². The van der Waals surface area contributed by atoms with Crippen LogP contribution >= 0.6 is 0 Å². The molecule has 0 radical (unpaired) electrons. The molecular formula is C28H39N3O4. The Morgan fingerprint density at radius 1 is 1.06 bits per heavy atom. The van der Waals surface area contributed by atoms with Crippen LogP contribution in [0.1, 0.15) is 55.8 Å². The van der Waals surface area contributed by atoms with E-state index >= 15 is 0 Å². The number of aliphatic hydroxyl groups excluding tert-OH is 1. The van der Waals surface area contributed by atoms with Crippen molar-refractivity contribution in [1.29, 1.82) is 0 Å². The zero-order chi connectivity index (χ0) is 25.4. The number of hydrogen-bond donors (Lipinski definition) is 4. The van der Waals surface area contributed by atoms with Gasteiger partial charge in [-0.2, -0.15) is 0 Å². The van der Waals surface area contributed by atoms with Crippen molar-refractivity contribution in [2.45, 2.75) is 59.0 Å². The molecule has 35 heavy (non-hydrogen) atoms. The van der Waals surface area contributed by atoms with Crippen LogP contribution in [-0.2, 0) is 9.53 Å². The van der Waals surface area contributed by atoms with Crippen molar-refractivity contribution >= 4 is 17.6 Å². The summed E-state index contributed by atoms with van der Waals surface area (Å²) >= 11 is 0. The number of aliphatic hydroxyl groups is 1. The first-order valence-electron chi connectivity index (χ1n) is 12.5. The predicted molar refractivity (Wildman–Crippen MR) is 138 cm³/mol. The van der Waals surface area contributed by atoms with E-state index in [1.54, 1.807) is 0 Å². The molecule has 3 amide bonds. The minimum absolute atomic E-state index is 0.0647. The Bertz CT molecular complexity index is 989. The number of carbonyl (C=O) groups excluding carboxylic acids is 2. The molecule has 0 aromatic heterocycles. The summed E-state index contributed by atoms with van der Waals surface area (Å²) in [5, 5.41) is 19.5. The molecule has 1 saturated heterocycles. The highest BCUT2D eigenvalue weighted by atomic mass is 16.5. The summed E-state index contributed by atoms with van der Waals surface area (Å²) in [5.74, 6) is -0.348. The van der Waals surface area contributed by atoms with Crippen LogP contribution in [0, 0.1) is 25.2 Å². The van der Waals surface area contributed by atoms with Gasteiger partial charge in [0, 0.05) is 24.3 Å². The molecule has 1 fully saturated rings. The van der Waals surface area contributed by atoms with Crippen LogP contribution in [-0.4, -0.2) is 42.9 Å². The Labute approximate surface area is 208 Å². The number of nitrogens with one attached hydrogen (secondary N) is 3. The van der Waals surface area contributed by atoms with Crippen molar-refractivity contribution in [1.82, 2.24) is 10.6 Å². The molecular weight excluding hydrogens is 442 g/mol. The number of anilines is 1. The topological polar surface area (TPSA) is 99.7 Å². The number of urea groups is 1. The van der Waals surface area contributed by atoms with Crippen LogP contribution in [0.2, 0.25) is 0 Å². The molecule has 4 N–H and O–H groups in total. The van der Waals surface area contributed by atoms with E-state index in [1.807, 2.05) is 76.2 Å². The number of benzene rings is 2. The Hall–Kier alpha value is -2.90. The predicted octanol–water partition coefficient (Wildman–Crippen LogP) is 4.49. The second-order valence-electron chi connectivity index (χ2n) is 9.77. The first kappa shape index (κ1) is 26.7. The third-order valence-electron chi connectivity index (χ3n) is 7.26. The van der Waals surface area contributed by atoms with E-state index < -0.39 is 23.5 Å². The summed E-state index contributed by atoms with van der Waals surface area (Å²) in [6, 6.07) is 14.0. The van der Waals surface area contributed by atoms with E-state index in [1.165, 1.54) is 0 Å². The highest BCUT2D eigenvalue weighted by Gasteiger charge is 2.42. The lowest BCUT2D eigenvalue weighted by Crippen LogP contribution is -2.55. The molecule has 3 rings (SSSR count). The van der Waals surface area contributed by atoms with Gasteiger partial charge < -0.3 is 25.8 Å². The Balaban J connectivity index is 1.83. The molecule has 0 bridgehead atoms. The smallest absolute Gasteiger partial charge is 0.319 e. The molecule has 1 aliphatic rings. The maximum atomic E-state index is 13.7. The first-order chi connectivity index (χ1) is 16.8. The van der Waals surface area contributed by atoms with Crippen LogP contribution < -0.4 is 16.0 Å². The van der Waals surface area contributed by atoms with Gasteiger partial charge in [0.2, 0.25) is 5.91 Å². The molecule has 1 aliphatic heterocycles. The highest BCUT2D eigenvalue weighted by molar-refractivity contribution is 5.94. The van der Waals surface area contributed by atoms with E-state index in [0.717, 1.165) is 28.8 Å². The van der Waals surface area contributed by atoms with Crippen LogP contribution in [0.4, 0.5) is 10.5 Å². The van der Waals surface area contributed by atoms with E-state index in [2.05, 4.69) is 16.0 Å². The third-order valence-corrected chi connectivity index (χ3v) is 7.26. The molecule has 3 atom stereocenters. The Kier molecular flexibility index (Phi) is 9.29. The lowest BCUT2D eigenvalue weighted by Gasteiger charge is -2.43. The van der Waals surface area contributed by atoms with Gasteiger partial charge in [0.25, 0.3) is 0 Å². The van der Waals surface area contributed by atoms with Crippen LogP contribution in [0.5, 0.6) is 0 Å². The number of rotatable bonds is 9. The third kappa shape index (κ3) is 6.61. The van der Waals surface area contributed by atoms with Gasteiger partial charge in [-0.05, 0) is 55.4 Å². The summed E-state index contributed by atoms with van der Waals surface area (Å²) < 4.78 is 5.56. The van der Waals surface area contributed by atoms with Crippen molar-refractivity contribution < 1.29 is 19.4 Å². The van der Waals surface area contributed by atoms with Crippen molar-refractivity contribution in [3.8, 4) is 0 Å². The lowest BCUT2D eigenvalue weighted by molar-refractivity contribution is -0.127. The molecule has 0 aliphatic carbocycles. The quantitative estimate of drug-likeness (QED) is 0.424.